The van der Waals surface area contributed by atoms with Gasteiger partial charge in [0, 0.05) is 38.0 Å². The zero-order chi connectivity index (χ0) is 22.8. The number of nitrogens with zero attached hydrogens (tertiary/aromatic N) is 2. The topological polar surface area (TPSA) is 25.2 Å². The number of hydrogen-bond acceptors (Lipinski definition) is 2. The highest BCUT2D eigenvalue weighted by molar-refractivity contribution is 6.37. The van der Waals surface area contributed by atoms with Crippen molar-refractivity contribution in [2.24, 2.45) is 0 Å². The molecule has 0 amide bonds. The minimum Gasteiger partial charge on any atom is -0.337 e. The normalized spacial score (nSPS) is 13.6. The van der Waals surface area contributed by atoms with Crippen molar-refractivity contribution in [2.75, 3.05) is 6.54 Å². The third kappa shape index (κ3) is 4.48. The average molecular weight is 457 g/mol. The number of aromatic nitrogens is 1. The second kappa shape index (κ2) is 9.54. The second-order valence-electron chi connectivity index (χ2n) is 9.03. The predicted octanol–water partition coefficient (Wildman–Crippen LogP) is 6.82. The zero-order valence-corrected chi connectivity index (χ0v) is 19.8. The fourth-order valence-electron chi connectivity index (χ4n) is 5.06. The summed E-state index contributed by atoms with van der Waals surface area (Å²) >= 11 is 6.77. The third-order valence-electron chi connectivity index (χ3n) is 6.69. The average Bonchev–Trinajstić information content (AvgIpc) is 3.16. The Balaban J connectivity index is 1.49. The summed E-state index contributed by atoms with van der Waals surface area (Å²) in [6.45, 7) is 5.38. The minimum absolute atomic E-state index is 0.249. The number of ketones is 1. The summed E-state index contributed by atoms with van der Waals surface area (Å²) < 4.78 is 2.24. The van der Waals surface area contributed by atoms with Crippen molar-refractivity contribution in [3.63, 3.8) is 0 Å². The van der Waals surface area contributed by atoms with Crippen LogP contribution in [0.2, 0.25) is 5.02 Å². The first kappa shape index (κ1) is 21.9. The lowest BCUT2D eigenvalue weighted by atomic mass is 9.94. The number of carbonyl (C=O) groups excluding carboxylic acids is 1. The van der Waals surface area contributed by atoms with Crippen molar-refractivity contribution in [1.29, 1.82) is 0 Å². The number of aryl methyl sites for hydroxylation is 2. The number of halogens is 1. The molecule has 0 bridgehead atoms. The van der Waals surface area contributed by atoms with Gasteiger partial charge in [0.1, 0.15) is 0 Å². The number of hydrogen-bond donors (Lipinski definition) is 0. The molecule has 0 N–H and O–H groups in total. The molecule has 0 saturated heterocycles. The Hall–Kier alpha value is -2.88. The van der Waals surface area contributed by atoms with Gasteiger partial charge < -0.3 is 4.57 Å². The monoisotopic (exact) mass is 456 g/mol. The molecule has 0 fully saturated rings. The molecule has 4 heteroatoms. The maximum absolute atomic E-state index is 13.0. The second-order valence-corrected chi connectivity index (χ2v) is 9.41. The fraction of sp³-hybridized carbons (Fsp3) is 0.276. The van der Waals surface area contributed by atoms with Crippen LogP contribution in [0.3, 0.4) is 0 Å². The summed E-state index contributed by atoms with van der Waals surface area (Å²) in [5.74, 6) is 0.249. The van der Waals surface area contributed by atoms with Gasteiger partial charge in [0.25, 0.3) is 0 Å². The molecule has 1 aliphatic carbocycles. The summed E-state index contributed by atoms with van der Waals surface area (Å²) in [5, 5.41) is 1.88. The van der Waals surface area contributed by atoms with Crippen molar-refractivity contribution in [2.45, 2.75) is 45.8 Å². The first-order valence-electron chi connectivity index (χ1n) is 11.8. The van der Waals surface area contributed by atoms with Gasteiger partial charge in [0.05, 0.1) is 16.2 Å². The molecule has 0 atom stereocenters. The summed E-state index contributed by atoms with van der Waals surface area (Å²) in [5.41, 5.74) is 6.77. The number of benzene rings is 3. The SMILES string of the molecule is Cc1ccc2c(c1Cl)c1c(n2CCN(Cc2ccccc2)Cc2ccccc2)C(=O)CCC1. The van der Waals surface area contributed by atoms with E-state index in [1.807, 2.05) is 6.92 Å². The molecule has 0 unspecified atom stereocenters. The molecule has 168 valence electrons. The van der Waals surface area contributed by atoms with Crippen LogP contribution in [0.5, 0.6) is 0 Å². The van der Waals surface area contributed by atoms with Gasteiger partial charge in [-0.05, 0) is 48.1 Å². The van der Waals surface area contributed by atoms with Crippen molar-refractivity contribution in [1.82, 2.24) is 9.47 Å². The standard InChI is InChI=1S/C29H29ClN2O/c1-21-15-16-25-27(28(21)30)24-13-8-14-26(33)29(24)32(25)18-17-31(19-22-9-4-2-5-10-22)20-23-11-6-3-7-12-23/h2-7,9-12,15-16H,8,13-14,17-20H2,1H3. The molecule has 0 radical (unpaired) electrons. The van der Waals surface area contributed by atoms with Gasteiger partial charge in [0.15, 0.2) is 5.78 Å². The Labute approximate surface area is 200 Å². The first-order valence-corrected chi connectivity index (χ1v) is 12.1. The van der Waals surface area contributed by atoms with E-state index in [0.29, 0.717) is 6.42 Å². The van der Waals surface area contributed by atoms with Gasteiger partial charge in [-0.3, -0.25) is 9.69 Å². The van der Waals surface area contributed by atoms with E-state index in [0.717, 1.165) is 71.8 Å². The molecule has 5 rings (SSSR count). The highest BCUT2D eigenvalue weighted by atomic mass is 35.5. The van der Waals surface area contributed by atoms with E-state index in [1.165, 1.54) is 11.1 Å². The third-order valence-corrected chi connectivity index (χ3v) is 7.18. The van der Waals surface area contributed by atoms with Gasteiger partial charge in [0.2, 0.25) is 0 Å². The van der Waals surface area contributed by atoms with E-state index in [9.17, 15) is 4.79 Å². The van der Waals surface area contributed by atoms with Crippen LogP contribution in [-0.2, 0) is 26.1 Å². The highest BCUT2D eigenvalue weighted by Crippen LogP contribution is 2.37. The smallest absolute Gasteiger partial charge is 0.179 e. The lowest BCUT2D eigenvalue weighted by Gasteiger charge is -2.24. The Morgan fingerprint density at radius 2 is 1.52 bits per heavy atom. The number of fused-ring (bicyclic) bond motifs is 3. The van der Waals surface area contributed by atoms with E-state index >= 15 is 0 Å². The zero-order valence-electron chi connectivity index (χ0n) is 19.1. The maximum atomic E-state index is 13.0. The van der Waals surface area contributed by atoms with Crippen LogP contribution in [0, 0.1) is 6.92 Å². The molecule has 3 aromatic carbocycles. The minimum atomic E-state index is 0.249. The molecule has 33 heavy (non-hydrogen) atoms. The molecular formula is C29H29ClN2O. The molecule has 0 saturated carbocycles. The number of Topliss-reactive ketones (excluding diaryl/α,β-unsaturated/α-hetero) is 1. The van der Waals surface area contributed by atoms with E-state index in [2.05, 4.69) is 82.3 Å². The van der Waals surface area contributed by atoms with Crippen LogP contribution in [-0.4, -0.2) is 21.8 Å². The van der Waals surface area contributed by atoms with Gasteiger partial charge in [-0.25, -0.2) is 0 Å². The Morgan fingerprint density at radius 1 is 0.879 bits per heavy atom. The molecule has 0 aliphatic heterocycles. The maximum Gasteiger partial charge on any atom is 0.179 e. The Kier molecular flexibility index (Phi) is 6.34. The Bertz CT molecular complexity index is 1240. The lowest BCUT2D eigenvalue weighted by Crippen LogP contribution is -2.28. The van der Waals surface area contributed by atoms with Crippen molar-refractivity contribution in [3.05, 3.63) is 106 Å². The van der Waals surface area contributed by atoms with Crippen LogP contribution in [0.15, 0.2) is 72.8 Å². The van der Waals surface area contributed by atoms with Crippen LogP contribution in [0.1, 0.15) is 45.6 Å². The number of rotatable bonds is 7. The van der Waals surface area contributed by atoms with Gasteiger partial charge >= 0.3 is 0 Å². The molecule has 1 aromatic heterocycles. The highest BCUT2D eigenvalue weighted by Gasteiger charge is 2.27. The van der Waals surface area contributed by atoms with Gasteiger partial charge in [-0.15, -0.1) is 0 Å². The largest absolute Gasteiger partial charge is 0.337 e. The van der Waals surface area contributed by atoms with E-state index in [4.69, 9.17) is 11.6 Å². The van der Waals surface area contributed by atoms with Crippen LogP contribution >= 0.6 is 11.6 Å². The summed E-state index contributed by atoms with van der Waals surface area (Å²) in [4.78, 5) is 15.5. The van der Waals surface area contributed by atoms with Crippen LogP contribution < -0.4 is 0 Å². The first-order chi connectivity index (χ1) is 16.1. The quantitative estimate of drug-likeness (QED) is 0.304. The number of carbonyl (C=O) groups is 1. The van der Waals surface area contributed by atoms with Crippen molar-refractivity contribution in [3.8, 4) is 0 Å². The molecular weight excluding hydrogens is 428 g/mol. The summed E-state index contributed by atoms with van der Waals surface area (Å²) in [7, 11) is 0. The fourth-order valence-corrected chi connectivity index (χ4v) is 5.33. The van der Waals surface area contributed by atoms with Crippen LogP contribution in [0.25, 0.3) is 10.9 Å². The van der Waals surface area contributed by atoms with Crippen molar-refractivity contribution < 1.29 is 4.79 Å². The Morgan fingerprint density at radius 3 is 2.15 bits per heavy atom. The van der Waals surface area contributed by atoms with Gasteiger partial charge in [-0.2, -0.15) is 0 Å². The molecule has 1 aliphatic rings. The van der Waals surface area contributed by atoms with Crippen LogP contribution in [0.4, 0.5) is 0 Å². The van der Waals surface area contributed by atoms with Gasteiger partial charge in [-0.1, -0.05) is 78.3 Å². The van der Waals surface area contributed by atoms with E-state index in [-0.39, 0.29) is 5.78 Å². The molecule has 4 aromatic rings. The van der Waals surface area contributed by atoms with Crippen molar-refractivity contribution >= 4 is 28.3 Å². The molecule has 1 heterocycles. The molecule has 3 nitrogen and oxygen atoms in total. The summed E-state index contributed by atoms with van der Waals surface area (Å²) in [6.07, 6.45) is 2.45. The predicted molar refractivity (Wildman–Crippen MR) is 136 cm³/mol. The molecule has 0 spiro atoms. The lowest BCUT2D eigenvalue weighted by molar-refractivity contribution is 0.0962. The summed E-state index contributed by atoms with van der Waals surface area (Å²) in [6, 6.07) is 25.4. The van der Waals surface area contributed by atoms with E-state index in [1.54, 1.807) is 0 Å². The van der Waals surface area contributed by atoms with E-state index < -0.39 is 0 Å².